The fourth-order valence-corrected chi connectivity index (χ4v) is 3.28. The fraction of sp³-hybridized carbons (Fsp3) is 0.222. The minimum absolute atomic E-state index is 0.122. The molecule has 1 unspecified atom stereocenters. The summed E-state index contributed by atoms with van der Waals surface area (Å²) >= 11 is 1.28. The van der Waals surface area contributed by atoms with Crippen LogP contribution in [-0.2, 0) is 9.59 Å². The lowest BCUT2D eigenvalue weighted by atomic mass is 9.92. The SMILES string of the molecule is C=CCSc1nc2c(c(=O)[nH]1)C(C(=O)Nc1ccc(OC)cc1)CC(=O)N2. The second-order valence-corrected chi connectivity index (χ2v) is 6.76. The third-order valence-electron chi connectivity index (χ3n) is 3.94. The Kier molecular flexibility index (Phi) is 5.60. The molecule has 9 heteroatoms. The molecular formula is C18H18N4O4S. The van der Waals surface area contributed by atoms with Gasteiger partial charge in [-0.15, -0.1) is 6.58 Å². The van der Waals surface area contributed by atoms with Gasteiger partial charge in [0.1, 0.15) is 11.6 Å². The van der Waals surface area contributed by atoms with E-state index in [4.69, 9.17) is 4.74 Å². The van der Waals surface area contributed by atoms with Crippen molar-refractivity contribution in [3.63, 3.8) is 0 Å². The van der Waals surface area contributed by atoms with Crippen LogP contribution in [-0.4, -0.2) is 34.6 Å². The van der Waals surface area contributed by atoms with Gasteiger partial charge in [-0.2, -0.15) is 0 Å². The van der Waals surface area contributed by atoms with Gasteiger partial charge >= 0.3 is 0 Å². The van der Waals surface area contributed by atoms with Crippen LogP contribution in [0.25, 0.3) is 0 Å². The van der Waals surface area contributed by atoms with E-state index in [2.05, 4.69) is 27.2 Å². The molecule has 2 amide bonds. The van der Waals surface area contributed by atoms with Crippen molar-refractivity contribution in [2.45, 2.75) is 17.5 Å². The van der Waals surface area contributed by atoms with E-state index in [0.717, 1.165) is 0 Å². The minimum Gasteiger partial charge on any atom is -0.497 e. The number of aromatic nitrogens is 2. The molecule has 0 spiro atoms. The predicted octanol–water partition coefficient (Wildman–Crippen LogP) is 2.12. The van der Waals surface area contributed by atoms with Crippen LogP contribution in [0.5, 0.6) is 5.75 Å². The third kappa shape index (κ3) is 4.20. The highest BCUT2D eigenvalue weighted by Gasteiger charge is 2.34. The quantitative estimate of drug-likeness (QED) is 0.398. The van der Waals surface area contributed by atoms with Crippen LogP contribution < -0.4 is 20.9 Å². The van der Waals surface area contributed by atoms with E-state index in [1.165, 1.54) is 11.8 Å². The van der Waals surface area contributed by atoms with Crippen molar-refractivity contribution in [3.05, 3.63) is 52.8 Å². The number of amides is 2. The number of benzene rings is 1. The van der Waals surface area contributed by atoms with Crippen LogP contribution in [0, 0.1) is 0 Å². The van der Waals surface area contributed by atoms with E-state index in [9.17, 15) is 14.4 Å². The summed E-state index contributed by atoms with van der Waals surface area (Å²) in [5.41, 5.74) is 0.251. The van der Waals surface area contributed by atoms with Crippen molar-refractivity contribution < 1.29 is 14.3 Å². The van der Waals surface area contributed by atoms with Gasteiger partial charge in [0, 0.05) is 17.9 Å². The Hall–Kier alpha value is -3.07. The summed E-state index contributed by atoms with van der Waals surface area (Å²) in [7, 11) is 1.55. The number of fused-ring (bicyclic) bond motifs is 1. The smallest absolute Gasteiger partial charge is 0.257 e. The molecule has 3 rings (SSSR count). The zero-order valence-electron chi connectivity index (χ0n) is 14.6. The molecule has 1 aromatic heterocycles. The number of nitrogens with one attached hydrogen (secondary N) is 3. The van der Waals surface area contributed by atoms with Gasteiger partial charge in [-0.1, -0.05) is 17.8 Å². The number of nitrogens with zero attached hydrogens (tertiary/aromatic N) is 1. The summed E-state index contributed by atoms with van der Waals surface area (Å²) in [6.45, 7) is 3.61. The van der Waals surface area contributed by atoms with Gasteiger partial charge in [-0.25, -0.2) is 4.98 Å². The maximum absolute atomic E-state index is 12.7. The van der Waals surface area contributed by atoms with Crippen molar-refractivity contribution in [1.82, 2.24) is 9.97 Å². The topological polar surface area (TPSA) is 113 Å². The molecule has 8 nitrogen and oxygen atoms in total. The predicted molar refractivity (Wildman–Crippen MR) is 103 cm³/mol. The van der Waals surface area contributed by atoms with E-state index in [0.29, 0.717) is 22.3 Å². The molecule has 0 saturated carbocycles. The molecular weight excluding hydrogens is 368 g/mol. The van der Waals surface area contributed by atoms with Gasteiger partial charge in [0.05, 0.1) is 18.6 Å². The Bertz CT molecular complexity index is 939. The minimum atomic E-state index is -0.925. The van der Waals surface area contributed by atoms with Crippen molar-refractivity contribution in [2.24, 2.45) is 0 Å². The lowest BCUT2D eigenvalue weighted by Crippen LogP contribution is -2.36. The molecule has 0 fully saturated rings. The number of aromatic amines is 1. The number of rotatable bonds is 6. The van der Waals surface area contributed by atoms with E-state index >= 15 is 0 Å². The maximum atomic E-state index is 12.7. The van der Waals surface area contributed by atoms with Crippen molar-refractivity contribution in [1.29, 1.82) is 0 Å². The molecule has 0 bridgehead atoms. The molecule has 140 valence electrons. The largest absolute Gasteiger partial charge is 0.497 e. The Morgan fingerprint density at radius 1 is 1.41 bits per heavy atom. The number of carbonyl (C=O) groups excluding carboxylic acids is 2. The Morgan fingerprint density at radius 3 is 2.81 bits per heavy atom. The number of hydrogen-bond acceptors (Lipinski definition) is 6. The highest BCUT2D eigenvalue weighted by Crippen LogP contribution is 2.30. The summed E-state index contributed by atoms with van der Waals surface area (Å²) in [6.07, 6.45) is 1.55. The molecule has 1 aliphatic rings. The molecule has 1 aliphatic heterocycles. The lowest BCUT2D eigenvalue weighted by molar-refractivity contribution is -0.123. The van der Waals surface area contributed by atoms with E-state index in [1.807, 2.05) is 0 Å². The zero-order valence-corrected chi connectivity index (χ0v) is 15.4. The van der Waals surface area contributed by atoms with Gasteiger partial charge in [-0.3, -0.25) is 14.4 Å². The van der Waals surface area contributed by atoms with Gasteiger partial charge < -0.3 is 20.4 Å². The van der Waals surface area contributed by atoms with E-state index < -0.39 is 17.4 Å². The standard InChI is InChI=1S/C18H18N4O4S/c1-3-8-27-18-21-15-14(17(25)22-18)12(9-13(23)20-15)16(24)19-10-4-6-11(26-2)7-5-10/h3-7,12H,1,8-9H2,2H3,(H,19,24)(H2,20,21,22,23,25). The van der Waals surface area contributed by atoms with Crippen molar-refractivity contribution in [3.8, 4) is 5.75 Å². The zero-order chi connectivity index (χ0) is 19.4. The van der Waals surface area contributed by atoms with E-state index in [1.54, 1.807) is 37.5 Å². The van der Waals surface area contributed by atoms with Gasteiger partial charge in [0.15, 0.2) is 5.16 Å². The first-order valence-corrected chi connectivity index (χ1v) is 9.13. The number of carbonyl (C=O) groups is 2. The molecule has 1 atom stereocenters. The van der Waals surface area contributed by atoms with Gasteiger partial charge in [0.2, 0.25) is 11.8 Å². The van der Waals surface area contributed by atoms with Crippen LogP contribution >= 0.6 is 11.8 Å². The highest BCUT2D eigenvalue weighted by atomic mass is 32.2. The molecule has 3 N–H and O–H groups in total. The summed E-state index contributed by atoms with van der Waals surface area (Å²) in [5.74, 6) is -0.412. The second-order valence-electron chi connectivity index (χ2n) is 5.76. The monoisotopic (exact) mass is 386 g/mol. The number of methoxy groups -OCH3 is 1. The Morgan fingerprint density at radius 2 is 2.15 bits per heavy atom. The average Bonchev–Trinajstić information content (AvgIpc) is 2.66. The Balaban J connectivity index is 1.88. The Labute approximate surface area is 159 Å². The molecule has 0 aliphatic carbocycles. The average molecular weight is 386 g/mol. The van der Waals surface area contributed by atoms with Gasteiger partial charge in [0.25, 0.3) is 5.56 Å². The second kappa shape index (κ2) is 8.09. The molecule has 27 heavy (non-hydrogen) atoms. The highest BCUT2D eigenvalue weighted by molar-refractivity contribution is 7.99. The maximum Gasteiger partial charge on any atom is 0.257 e. The molecule has 1 aromatic carbocycles. The number of hydrogen-bond donors (Lipinski definition) is 3. The molecule has 0 radical (unpaired) electrons. The van der Waals surface area contributed by atoms with Crippen molar-refractivity contribution >= 4 is 35.1 Å². The van der Waals surface area contributed by atoms with Crippen molar-refractivity contribution in [2.75, 3.05) is 23.5 Å². The fourth-order valence-electron chi connectivity index (χ4n) is 2.68. The molecule has 0 saturated heterocycles. The number of ether oxygens (including phenoxy) is 1. The first-order chi connectivity index (χ1) is 13.0. The number of H-pyrrole nitrogens is 1. The number of thioether (sulfide) groups is 1. The van der Waals surface area contributed by atoms with Crippen LogP contribution in [0.15, 0.2) is 46.9 Å². The van der Waals surface area contributed by atoms with Crippen LogP contribution in [0.4, 0.5) is 11.5 Å². The van der Waals surface area contributed by atoms with Gasteiger partial charge in [-0.05, 0) is 24.3 Å². The van der Waals surface area contributed by atoms with E-state index in [-0.39, 0.29) is 23.7 Å². The van der Waals surface area contributed by atoms with Crippen LogP contribution in [0.1, 0.15) is 17.9 Å². The molecule has 2 heterocycles. The first kappa shape index (κ1) is 18.7. The third-order valence-corrected chi connectivity index (χ3v) is 4.81. The summed E-state index contributed by atoms with van der Waals surface area (Å²) in [6, 6.07) is 6.76. The number of anilines is 2. The molecule has 2 aromatic rings. The van der Waals surface area contributed by atoms with Crippen LogP contribution in [0.2, 0.25) is 0 Å². The first-order valence-electron chi connectivity index (χ1n) is 8.14. The summed E-state index contributed by atoms with van der Waals surface area (Å²) in [4.78, 5) is 44.2. The van der Waals surface area contributed by atoms with Crippen LogP contribution in [0.3, 0.4) is 0 Å². The summed E-state index contributed by atoms with van der Waals surface area (Å²) in [5, 5.41) is 5.66. The summed E-state index contributed by atoms with van der Waals surface area (Å²) < 4.78 is 5.08. The lowest BCUT2D eigenvalue weighted by Gasteiger charge is -2.23. The normalized spacial score (nSPS) is 15.4.